The van der Waals surface area contributed by atoms with Gasteiger partial charge in [0.05, 0.1) is 27.8 Å². The second-order valence-corrected chi connectivity index (χ2v) is 9.09. The third-order valence-electron chi connectivity index (χ3n) is 4.80. The molecule has 11 heteroatoms. The van der Waals surface area contributed by atoms with Gasteiger partial charge in [-0.3, -0.25) is 14.4 Å². The molecule has 33 heavy (non-hydrogen) atoms. The predicted octanol–water partition coefficient (Wildman–Crippen LogP) is 4.49. The first kappa shape index (κ1) is 22.6. The molecule has 1 saturated heterocycles. The van der Waals surface area contributed by atoms with E-state index >= 15 is 0 Å². The summed E-state index contributed by atoms with van der Waals surface area (Å²) in [5.74, 6) is -1.18. The van der Waals surface area contributed by atoms with Crippen LogP contribution in [0.2, 0.25) is 5.02 Å². The molecule has 1 fully saturated rings. The fourth-order valence-electron chi connectivity index (χ4n) is 3.17. The van der Waals surface area contributed by atoms with Crippen molar-refractivity contribution in [2.75, 3.05) is 28.1 Å². The van der Waals surface area contributed by atoms with E-state index in [0.717, 1.165) is 18.2 Å². The lowest BCUT2D eigenvalue weighted by atomic mass is 10.2. The molecule has 0 saturated carbocycles. The van der Waals surface area contributed by atoms with Crippen LogP contribution in [0.3, 0.4) is 0 Å². The lowest BCUT2D eigenvalue weighted by molar-refractivity contribution is 0.102. The van der Waals surface area contributed by atoms with Gasteiger partial charge in [-0.05, 0) is 54.6 Å². The van der Waals surface area contributed by atoms with Gasteiger partial charge >= 0.3 is 6.09 Å². The molecule has 0 spiro atoms. The highest BCUT2D eigenvalue weighted by Crippen LogP contribution is 2.28. The highest BCUT2D eigenvalue weighted by molar-refractivity contribution is 7.92. The Morgan fingerprint density at radius 3 is 2.45 bits per heavy atom. The fourth-order valence-corrected chi connectivity index (χ4v) is 4.50. The number of carbonyl (C=O) groups is 2. The summed E-state index contributed by atoms with van der Waals surface area (Å²) in [7, 11) is -4.01. The molecule has 0 bridgehead atoms. The largest absolute Gasteiger partial charge is 0.447 e. The summed E-state index contributed by atoms with van der Waals surface area (Å²) < 4.78 is 45.6. The quantitative estimate of drug-likeness (QED) is 0.531. The second kappa shape index (κ2) is 9.08. The molecule has 0 aromatic heterocycles. The van der Waals surface area contributed by atoms with E-state index in [0.29, 0.717) is 17.9 Å². The molecule has 0 aliphatic carbocycles. The Morgan fingerprint density at radius 1 is 1.06 bits per heavy atom. The van der Waals surface area contributed by atoms with Gasteiger partial charge in [0.25, 0.3) is 15.9 Å². The van der Waals surface area contributed by atoms with Crippen molar-refractivity contribution in [3.63, 3.8) is 0 Å². The van der Waals surface area contributed by atoms with Gasteiger partial charge in [-0.15, -0.1) is 0 Å². The van der Waals surface area contributed by atoms with E-state index in [1.54, 1.807) is 24.3 Å². The van der Waals surface area contributed by atoms with Gasteiger partial charge in [-0.1, -0.05) is 23.7 Å². The maximum Gasteiger partial charge on any atom is 0.414 e. The number of carbonyl (C=O) groups excluding carboxylic acids is 2. The summed E-state index contributed by atoms with van der Waals surface area (Å²) in [6, 6.07) is 15.6. The molecule has 1 heterocycles. The number of amides is 2. The van der Waals surface area contributed by atoms with E-state index in [1.807, 2.05) is 0 Å². The lowest BCUT2D eigenvalue weighted by Crippen LogP contribution is -2.25. The van der Waals surface area contributed by atoms with Crippen molar-refractivity contribution in [1.82, 2.24) is 0 Å². The first-order valence-electron chi connectivity index (χ1n) is 9.67. The Labute approximate surface area is 194 Å². The lowest BCUT2D eigenvalue weighted by Gasteiger charge is -2.17. The molecule has 8 nitrogen and oxygen atoms in total. The summed E-state index contributed by atoms with van der Waals surface area (Å²) >= 11 is 5.67. The van der Waals surface area contributed by atoms with Gasteiger partial charge in [-0.2, -0.15) is 0 Å². The van der Waals surface area contributed by atoms with E-state index in [-0.39, 0.29) is 27.8 Å². The number of halogens is 2. The van der Waals surface area contributed by atoms with Gasteiger partial charge in [-0.25, -0.2) is 17.6 Å². The second-order valence-electron chi connectivity index (χ2n) is 7.00. The van der Waals surface area contributed by atoms with E-state index < -0.39 is 27.8 Å². The smallest absolute Gasteiger partial charge is 0.414 e. The predicted molar refractivity (Wildman–Crippen MR) is 122 cm³/mol. The first-order valence-corrected chi connectivity index (χ1v) is 11.5. The summed E-state index contributed by atoms with van der Waals surface area (Å²) in [5, 5.41) is 2.44. The van der Waals surface area contributed by atoms with E-state index in [9.17, 15) is 22.4 Å². The van der Waals surface area contributed by atoms with Crippen molar-refractivity contribution in [3.05, 3.63) is 83.1 Å². The molecule has 0 unspecified atom stereocenters. The Kier molecular flexibility index (Phi) is 6.21. The fraction of sp³-hybridized carbons (Fsp3) is 0.0909. The topological polar surface area (TPSA) is 105 Å². The van der Waals surface area contributed by atoms with Crippen molar-refractivity contribution in [3.8, 4) is 0 Å². The number of nitrogens with one attached hydrogen (secondary N) is 2. The molecule has 0 radical (unpaired) electrons. The Balaban J connectivity index is 1.48. The molecule has 1 aliphatic rings. The standard InChI is InChI=1S/C22H17ClFN3O5S/c23-17-13-16(9-10-18(17)24)33(30,31)26-15-7-5-14(6-8-15)21(28)25-19-3-1-2-4-20(19)27-11-12-32-22(27)29/h1-10,13,26H,11-12H2,(H,25,28). The Bertz CT molecular complexity index is 1330. The van der Waals surface area contributed by atoms with Gasteiger partial charge in [0.15, 0.2) is 0 Å². The zero-order valence-corrected chi connectivity index (χ0v) is 18.5. The van der Waals surface area contributed by atoms with Crippen LogP contribution in [-0.2, 0) is 14.8 Å². The molecule has 0 atom stereocenters. The minimum Gasteiger partial charge on any atom is -0.447 e. The van der Waals surface area contributed by atoms with Crippen LogP contribution in [0.4, 0.5) is 26.2 Å². The van der Waals surface area contributed by atoms with Gasteiger partial charge in [0.2, 0.25) is 0 Å². The van der Waals surface area contributed by atoms with Gasteiger partial charge in [0, 0.05) is 11.3 Å². The number of rotatable bonds is 6. The maximum absolute atomic E-state index is 13.3. The van der Waals surface area contributed by atoms with Crippen molar-refractivity contribution >= 4 is 50.7 Å². The number of sulfonamides is 1. The monoisotopic (exact) mass is 489 g/mol. The minimum absolute atomic E-state index is 0.201. The molecule has 4 rings (SSSR count). The average molecular weight is 490 g/mol. The van der Waals surface area contributed by atoms with E-state index in [1.165, 1.54) is 29.2 Å². The molecular formula is C22H17ClFN3O5S. The number of para-hydroxylation sites is 2. The van der Waals surface area contributed by atoms with Crippen molar-refractivity contribution < 1.29 is 27.1 Å². The van der Waals surface area contributed by atoms with Crippen LogP contribution in [0, 0.1) is 5.82 Å². The normalized spacial score (nSPS) is 13.5. The van der Waals surface area contributed by atoms with Gasteiger partial charge < -0.3 is 10.1 Å². The van der Waals surface area contributed by atoms with Crippen LogP contribution in [0.25, 0.3) is 0 Å². The minimum atomic E-state index is -4.01. The van der Waals surface area contributed by atoms with Crippen LogP contribution >= 0.6 is 11.6 Å². The SMILES string of the molecule is O=C(Nc1ccccc1N1CCOC1=O)c1ccc(NS(=O)(=O)c2ccc(F)c(Cl)c2)cc1. The summed E-state index contributed by atoms with van der Waals surface area (Å²) in [4.78, 5) is 25.8. The molecular weight excluding hydrogens is 473 g/mol. The third-order valence-corrected chi connectivity index (χ3v) is 6.47. The van der Waals surface area contributed by atoms with Crippen molar-refractivity contribution in [2.45, 2.75) is 4.90 Å². The molecule has 1 aliphatic heterocycles. The van der Waals surface area contributed by atoms with Crippen molar-refractivity contribution in [1.29, 1.82) is 0 Å². The Morgan fingerprint density at radius 2 is 1.79 bits per heavy atom. The molecule has 3 aromatic rings. The highest BCUT2D eigenvalue weighted by atomic mass is 35.5. The van der Waals surface area contributed by atoms with Crippen LogP contribution in [0.15, 0.2) is 71.6 Å². The number of hydrogen-bond donors (Lipinski definition) is 2. The number of cyclic esters (lactones) is 1. The Hall–Kier alpha value is -3.63. The van der Waals surface area contributed by atoms with E-state index in [4.69, 9.17) is 16.3 Å². The average Bonchev–Trinajstić information content (AvgIpc) is 3.21. The number of nitrogens with zero attached hydrogens (tertiary/aromatic N) is 1. The third kappa shape index (κ3) is 4.91. The molecule has 170 valence electrons. The van der Waals surface area contributed by atoms with Crippen LogP contribution in [0.1, 0.15) is 10.4 Å². The van der Waals surface area contributed by atoms with Crippen LogP contribution < -0.4 is 14.9 Å². The zero-order chi connectivity index (χ0) is 23.6. The molecule has 2 amide bonds. The van der Waals surface area contributed by atoms with Crippen LogP contribution in [0.5, 0.6) is 0 Å². The van der Waals surface area contributed by atoms with E-state index in [2.05, 4.69) is 10.0 Å². The van der Waals surface area contributed by atoms with Crippen molar-refractivity contribution in [2.24, 2.45) is 0 Å². The first-order chi connectivity index (χ1) is 15.7. The summed E-state index contributed by atoms with van der Waals surface area (Å²) in [6.45, 7) is 0.641. The zero-order valence-electron chi connectivity index (χ0n) is 16.9. The number of benzene rings is 3. The highest BCUT2D eigenvalue weighted by Gasteiger charge is 2.26. The molecule has 3 aromatic carbocycles. The summed E-state index contributed by atoms with van der Waals surface area (Å²) in [5.41, 5.74) is 1.41. The number of hydrogen-bond acceptors (Lipinski definition) is 5. The number of ether oxygens (including phenoxy) is 1. The van der Waals surface area contributed by atoms with Gasteiger partial charge in [0.1, 0.15) is 12.4 Å². The maximum atomic E-state index is 13.3. The summed E-state index contributed by atoms with van der Waals surface area (Å²) in [6.07, 6.45) is -0.490. The molecule has 2 N–H and O–H groups in total. The van der Waals surface area contributed by atoms with Crippen LogP contribution in [-0.4, -0.2) is 33.6 Å². The number of anilines is 3.